The highest BCUT2D eigenvalue weighted by molar-refractivity contribution is 7.89. The topological polar surface area (TPSA) is 63.2 Å². The highest BCUT2D eigenvalue weighted by Crippen LogP contribution is 2.21. The Bertz CT molecular complexity index is 510. The number of hydrogen-bond donors (Lipinski definition) is 1. The molecule has 1 aromatic rings. The molecule has 0 aliphatic rings. The summed E-state index contributed by atoms with van der Waals surface area (Å²) in [5.41, 5.74) is 0.0520. The largest absolute Gasteiger partial charge is 0.294 e. The average Bonchev–Trinajstić information content (AvgIpc) is 2.27. The number of carbonyl (C=O) groups is 1. The van der Waals surface area contributed by atoms with Gasteiger partial charge in [0, 0.05) is 11.0 Å². The molecule has 17 heavy (non-hydrogen) atoms. The van der Waals surface area contributed by atoms with Crippen molar-refractivity contribution in [3.05, 3.63) is 29.8 Å². The van der Waals surface area contributed by atoms with E-state index >= 15 is 0 Å². The zero-order chi connectivity index (χ0) is 13.3. The van der Waals surface area contributed by atoms with E-state index in [0.717, 1.165) is 0 Å². The van der Waals surface area contributed by atoms with Crippen LogP contribution in [0.3, 0.4) is 0 Å². The Morgan fingerprint density at radius 3 is 1.94 bits per heavy atom. The second kappa shape index (κ2) is 4.58. The van der Waals surface area contributed by atoms with Gasteiger partial charge in [-0.05, 0) is 19.2 Å². The number of carbonyl (C=O) groups excluding carboxylic acids is 1. The Balaban J connectivity index is 3.10. The molecule has 0 aliphatic heterocycles. The van der Waals surface area contributed by atoms with E-state index < -0.39 is 15.4 Å². The zero-order valence-electron chi connectivity index (χ0n) is 10.4. The molecular weight excluding hydrogens is 238 g/mol. The first-order chi connectivity index (χ1) is 7.68. The van der Waals surface area contributed by atoms with Crippen LogP contribution in [0.2, 0.25) is 0 Å². The predicted molar refractivity (Wildman–Crippen MR) is 66.5 cm³/mol. The summed E-state index contributed by atoms with van der Waals surface area (Å²) in [4.78, 5) is 12.1. The molecule has 0 saturated carbocycles. The lowest BCUT2D eigenvalue weighted by Crippen LogP contribution is -2.21. The third kappa shape index (κ3) is 3.14. The third-order valence-electron chi connectivity index (χ3n) is 2.38. The van der Waals surface area contributed by atoms with Crippen LogP contribution in [0.1, 0.15) is 31.1 Å². The van der Waals surface area contributed by atoms with Gasteiger partial charge in [0.05, 0.1) is 4.90 Å². The van der Waals surface area contributed by atoms with Crippen LogP contribution < -0.4 is 4.72 Å². The number of Topliss-reactive ketones (excluding diaryl/α,β-unsaturated/α-hetero) is 1. The van der Waals surface area contributed by atoms with Crippen LogP contribution >= 0.6 is 0 Å². The molecule has 1 rings (SSSR count). The van der Waals surface area contributed by atoms with Gasteiger partial charge in [-0.25, -0.2) is 13.1 Å². The fourth-order valence-electron chi connectivity index (χ4n) is 1.34. The van der Waals surface area contributed by atoms with E-state index in [4.69, 9.17) is 0 Å². The molecule has 0 heterocycles. The average molecular weight is 255 g/mol. The predicted octanol–water partition coefficient (Wildman–Crippen LogP) is 1.82. The van der Waals surface area contributed by atoms with Crippen molar-refractivity contribution in [3.8, 4) is 0 Å². The zero-order valence-corrected chi connectivity index (χ0v) is 11.3. The molecule has 0 radical (unpaired) electrons. The van der Waals surface area contributed by atoms with Crippen LogP contribution in [0.4, 0.5) is 0 Å². The summed E-state index contributed by atoms with van der Waals surface area (Å²) in [5, 5.41) is 0. The van der Waals surface area contributed by atoms with Gasteiger partial charge in [0.2, 0.25) is 10.0 Å². The van der Waals surface area contributed by atoms with Gasteiger partial charge in [0.1, 0.15) is 0 Å². The normalized spacial score (nSPS) is 12.5. The number of ketones is 1. The molecule has 1 aromatic carbocycles. The molecule has 0 bridgehead atoms. The van der Waals surface area contributed by atoms with Gasteiger partial charge in [0.25, 0.3) is 0 Å². The van der Waals surface area contributed by atoms with Gasteiger partial charge in [-0.1, -0.05) is 32.9 Å². The lowest BCUT2D eigenvalue weighted by molar-refractivity contribution is 0.0858. The van der Waals surface area contributed by atoms with Gasteiger partial charge in [0.15, 0.2) is 5.78 Å². The van der Waals surface area contributed by atoms with Crippen LogP contribution in [-0.2, 0) is 10.0 Å². The lowest BCUT2D eigenvalue weighted by atomic mass is 9.87. The van der Waals surface area contributed by atoms with E-state index in [0.29, 0.717) is 5.56 Å². The molecule has 0 saturated heterocycles. The molecule has 5 heteroatoms. The van der Waals surface area contributed by atoms with E-state index in [1.807, 2.05) is 20.8 Å². The van der Waals surface area contributed by atoms with Crippen LogP contribution in [0, 0.1) is 5.41 Å². The summed E-state index contributed by atoms with van der Waals surface area (Å²) in [6, 6.07) is 5.95. The van der Waals surface area contributed by atoms with Crippen LogP contribution in [-0.4, -0.2) is 21.2 Å². The van der Waals surface area contributed by atoms with E-state index in [9.17, 15) is 13.2 Å². The van der Waals surface area contributed by atoms with Crippen molar-refractivity contribution in [2.75, 3.05) is 7.05 Å². The van der Waals surface area contributed by atoms with Crippen molar-refractivity contribution in [1.29, 1.82) is 0 Å². The van der Waals surface area contributed by atoms with E-state index in [-0.39, 0.29) is 10.7 Å². The molecule has 0 spiro atoms. The molecule has 0 fully saturated rings. The minimum Gasteiger partial charge on any atom is -0.294 e. The Morgan fingerprint density at radius 1 is 1.12 bits per heavy atom. The SMILES string of the molecule is CNS(=O)(=O)c1ccc(C(=O)C(C)(C)C)cc1. The fraction of sp³-hybridized carbons (Fsp3) is 0.417. The van der Waals surface area contributed by atoms with Crippen molar-refractivity contribution in [3.63, 3.8) is 0 Å². The summed E-state index contributed by atoms with van der Waals surface area (Å²) in [7, 11) is -2.09. The number of benzene rings is 1. The smallest absolute Gasteiger partial charge is 0.240 e. The second-order valence-corrected chi connectivity index (χ2v) is 6.70. The summed E-state index contributed by atoms with van der Waals surface area (Å²) >= 11 is 0. The highest BCUT2D eigenvalue weighted by atomic mass is 32.2. The summed E-state index contributed by atoms with van der Waals surface area (Å²) in [6.07, 6.45) is 0. The van der Waals surface area contributed by atoms with E-state index in [1.54, 1.807) is 0 Å². The monoisotopic (exact) mass is 255 g/mol. The number of nitrogens with one attached hydrogen (secondary N) is 1. The molecule has 0 aliphatic carbocycles. The molecule has 0 atom stereocenters. The summed E-state index contributed by atoms with van der Waals surface area (Å²) in [5.74, 6) is -0.00842. The van der Waals surface area contributed by atoms with Gasteiger partial charge in [-0.2, -0.15) is 0 Å². The Labute approximate surface area is 102 Å². The molecule has 1 N–H and O–H groups in total. The van der Waals surface area contributed by atoms with Crippen molar-refractivity contribution < 1.29 is 13.2 Å². The quantitative estimate of drug-likeness (QED) is 0.838. The molecular formula is C12H17NO3S. The number of hydrogen-bond acceptors (Lipinski definition) is 3. The van der Waals surface area contributed by atoms with Crippen molar-refractivity contribution >= 4 is 15.8 Å². The lowest BCUT2D eigenvalue weighted by Gasteiger charge is -2.16. The van der Waals surface area contributed by atoms with Crippen molar-refractivity contribution in [1.82, 2.24) is 4.72 Å². The van der Waals surface area contributed by atoms with Crippen LogP contribution in [0.25, 0.3) is 0 Å². The minimum atomic E-state index is -3.44. The van der Waals surface area contributed by atoms with Crippen LogP contribution in [0.5, 0.6) is 0 Å². The molecule has 4 nitrogen and oxygen atoms in total. The van der Waals surface area contributed by atoms with Gasteiger partial charge in [-0.15, -0.1) is 0 Å². The maximum atomic E-state index is 11.9. The fourth-order valence-corrected chi connectivity index (χ4v) is 2.07. The molecule has 94 valence electrons. The second-order valence-electron chi connectivity index (χ2n) is 4.81. The summed E-state index contributed by atoms with van der Waals surface area (Å²) in [6.45, 7) is 5.48. The molecule has 0 aromatic heterocycles. The Morgan fingerprint density at radius 2 is 1.59 bits per heavy atom. The maximum Gasteiger partial charge on any atom is 0.240 e. The maximum absolute atomic E-state index is 11.9. The van der Waals surface area contributed by atoms with Crippen LogP contribution in [0.15, 0.2) is 29.2 Å². The minimum absolute atomic E-state index is 0.00842. The van der Waals surface area contributed by atoms with E-state index in [1.165, 1.54) is 31.3 Å². The Kier molecular flexibility index (Phi) is 3.74. The highest BCUT2D eigenvalue weighted by Gasteiger charge is 2.23. The number of sulfonamides is 1. The van der Waals surface area contributed by atoms with Crippen molar-refractivity contribution in [2.24, 2.45) is 5.41 Å². The first-order valence-corrected chi connectivity index (χ1v) is 6.75. The van der Waals surface area contributed by atoms with Crippen molar-refractivity contribution in [2.45, 2.75) is 25.7 Å². The van der Waals surface area contributed by atoms with Gasteiger partial charge >= 0.3 is 0 Å². The van der Waals surface area contributed by atoms with E-state index in [2.05, 4.69) is 4.72 Å². The van der Waals surface area contributed by atoms with Gasteiger partial charge in [-0.3, -0.25) is 4.79 Å². The summed E-state index contributed by atoms with van der Waals surface area (Å²) < 4.78 is 25.2. The van der Waals surface area contributed by atoms with Gasteiger partial charge < -0.3 is 0 Å². The first-order valence-electron chi connectivity index (χ1n) is 5.27. The third-order valence-corrected chi connectivity index (χ3v) is 3.81. The number of rotatable bonds is 3. The molecule has 0 amide bonds. The Hall–Kier alpha value is -1.20. The first kappa shape index (κ1) is 13.9. The standard InChI is InChI=1S/C12H17NO3S/c1-12(2,3)11(14)9-5-7-10(8-6-9)17(15,16)13-4/h5-8,13H,1-4H3. The molecule has 0 unspecified atom stereocenters.